The molecule has 1 heterocycles. The lowest BCUT2D eigenvalue weighted by Gasteiger charge is -2.04. The number of rotatable bonds is 2. The van der Waals surface area contributed by atoms with Gasteiger partial charge in [-0.3, -0.25) is 0 Å². The Hall–Kier alpha value is -0.990. The van der Waals surface area contributed by atoms with Crippen molar-refractivity contribution < 1.29 is 0 Å². The number of halogens is 2. The Morgan fingerprint density at radius 1 is 1.19 bits per heavy atom. The summed E-state index contributed by atoms with van der Waals surface area (Å²) in [6.45, 7) is 3.99. The van der Waals surface area contributed by atoms with Crippen LogP contribution in [0.2, 0.25) is 5.02 Å². The standard InChI is InChI=1S/C12H12Cl2N2/c1-8-12(7-13)9(2)16(15-8)11-5-3-10(14)4-6-11/h3-6H,7H2,1-2H3. The SMILES string of the molecule is Cc1nn(-c2ccc(Cl)cc2)c(C)c1CCl. The maximum absolute atomic E-state index is 5.89. The van der Waals surface area contributed by atoms with Gasteiger partial charge in [-0.1, -0.05) is 11.6 Å². The molecule has 0 atom stereocenters. The second-order valence-electron chi connectivity index (χ2n) is 3.67. The Labute approximate surface area is 105 Å². The molecule has 2 aromatic rings. The van der Waals surface area contributed by atoms with Gasteiger partial charge in [0.1, 0.15) is 0 Å². The molecule has 0 aliphatic heterocycles. The highest BCUT2D eigenvalue weighted by Gasteiger charge is 2.11. The lowest BCUT2D eigenvalue weighted by molar-refractivity contribution is 0.833. The van der Waals surface area contributed by atoms with Crippen LogP contribution in [0.3, 0.4) is 0 Å². The fourth-order valence-electron chi connectivity index (χ4n) is 1.70. The van der Waals surface area contributed by atoms with Gasteiger partial charge in [0, 0.05) is 16.3 Å². The molecule has 0 N–H and O–H groups in total. The van der Waals surface area contributed by atoms with Gasteiger partial charge in [-0.05, 0) is 38.1 Å². The van der Waals surface area contributed by atoms with Crippen molar-refractivity contribution in [2.24, 2.45) is 0 Å². The topological polar surface area (TPSA) is 17.8 Å². The minimum atomic E-state index is 0.491. The van der Waals surface area contributed by atoms with Crippen molar-refractivity contribution in [3.05, 3.63) is 46.2 Å². The number of hydrogen-bond donors (Lipinski definition) is 0. The summed E-state index contributed by atoms with van der Waals surface area (Å²) in [7, 11) is 0. The highest BCUT2D eigenvalue weighted by Crippen LogP contribution is 2.20. The monoisotopic (exact) mass is 254 g/mol. The van der Waals surface area contributed by atoms with Crippen molar-refractivity contribution >= 4 is 23.2 Å². The predicted molar refractivity (Wildman–Crippen MR) is 67.6 cm³/mol. The van der Waals surface area contributed by atoms with Gasteiger partial charge in [0.15, 0.2) is 0 Å². The van der Waals surface area contributed by atoms with E-state index in [1.54, 1.807) is 0 Å². The van der Waals surface area contributed by atoms with E-state index < -0.39 is 0 Å². The van der Waals surface area contributed by atoms with Crippen LogP contribution in [0.15, 0.2) is 24.3 Å². The van der Waals surface area contributed by atoms with Gasteiger partial charge in [-0.2, -0.15) is 5.10 Å². The fourth-order valence-corrected chi connectivity index (χ4v) is 2.21. The van der Waals surface area contributed by atoms with Gasteiger partial charge in [0.2, 0.25) is 0 Å². The maximum atomic E-state index is 5.89. The number of hydrogen-bond acceptors (Lipinski definition) is 1. The largest absolute Gasteiger partial charge is 0.238 e. The molecule has 2 rings (SSSR count). The van der Waals surface area contributed by atoms with E-state index in [1.165, 1.54) is 0 Å². The molecule has 0 spiro atoms. The van der Waals surface area contributed by atoms with Crippen LogP contribution in [-0.4, -0.2) is 9.78 Å². The van der Waals surface area contributed by atoms with E-state index in [0.717, 1.165) is 27.7 Å². The smallest absolute Gasteiger partial charge is 0.0649 e. The summed E-state index contributed by atoms with van der Waals surface area (Å²) in [5.74, 6) is 0.491. The van der Waals surface area contributed by atoms with Crippen molar-refractivity contribution in [2.45, 2.75) is 19.7 Å². The first kappa shape index (κ1) is 11.5. The molecule has 0 amide bonds. The van der Waals surface area contributed by atoms with Crippen LogP contribution in [0, 0.1) is 13.8 Å². The first-order valence-corrected chi connectivity index (χ1v) is 5.91. The van der Waals surface area contributed by atoms with Crippen molar-refractivity contribution in [3.8, 4) is 5.69 Å². The number of aromatic nitrogens is 2. The summed E-state index contributed by atoms with van der Waals surface area (Å²) >= 11 is 11.7. The zero-order valence-electron chi connectivity index (χ0n) is 9.17. The summed E-state index contributed by atoms with van der Waals surface area (Å²) in [5, 5.41) is 5.19. The fraction of sp³-hybridized carbons (Fsp3) is 0.250. The molecule has 0 saturated carbocycles. The second-order valence-corrected chi connectivity index (χ2v) is 4.37. The van der Waals surface area contributed by atoms with Crippen LogP contribution in [0.4, 0.5) is 0 Å². The van der Waals surface area contributed by atoms with Crippen molar-refractivity contribution in [1.29, 1.82) is 0 Å². The maximum Gasteiger partial charge on any atom is 0.0649 e. The number of aryl methyl sites for hydroxylation is 1. The zero-order chi connectivity index (χ0) is 11.7. The first-order chi connectivity index (χ1) is 7.63. The van der Waals surface area contributed by atoms with E-state index in [-0.39, 0.29) is 0 Å². The average molecular weight is 255 g/mol. The molecule has 0 saturated heterocycles. The van der Waals surface area contributed by atoms with Crippen LogP contribution >= 0.6 is 23.2 Å². The summed E-state index contributed by atoms with van der Waals surface area (Å²) in [6.07, 6.45) is 0. The van der Waals surface area contributed by atoms with E-state index in [0.29, 0.717) is 5.88 Å². The third kappa shape index (κ3) is 1.95. The van der Waals surface area contributed by atoms with Crippen LogP contribution in [0.5, 0.6) is 0 Å². The van der Waals surface area contributed by atoms with Crippen molar-refractivity contribution in [1.82, 2.24) is 9.78 Å². The predicted octanol–water partition coefficient (Wildman–Crippen LogP) is 3.88. The summed E-state index contributed by atoms with van der Waals surface area (Å²) in [5.41, 5.74) is 4.15. The summed E-state index contributed by atoms with van der Waals surface area (Å²) in [4.78, 5) is 0. The lowest BCUT2D eigenvalue weighted by atomic mass is 10.2. The molecule has 16 heavy (non-hydrogen) atoms. The highest BCUT2D eigenvalue weighted by atomic mass is 35.5. The quantitative estimate of drug-likeness (QED) is 0.744. The Balaban J connectivity index is 2.52. The van der Waals surface area contributed by atoms with Gasteiger partial charge in [0.25, 0.3) is 0 Å². The minimum absolute atomic E-state index is 0.491. The van der Waals surface area contributed by atoms with Crippen LogP contribution in [0.25, 0.3) is 5.69 Å². The van der Waals surface area contributed by atoms with E-state index in [1.807, 2.05) is 42.8 Å². The highest BCUT2D eigenvalue weighted by molar-refractivity contribution is 6.30. The van der Waals surface area contributed by atoms with Crippen molar-refractivity contribution in [2.75, 3.05) is 0 Å². The average Bonchev–Trinajstić information content (AvgIpc) is 2.55. The van der Waals surface area contributed by atoms with Crippen LogP contribution in [0.1, 0.15) is 17.0 Å². The van der Waals surface area contributed by atoms with Crippen molar-refractivity contribution in [3.63, 3.8) is 0 Å². The van der Waals surface area contributed by atoms with Gasteiger partial charge in [-0.15, -0.1) is 11.6 Å². The third-order valence-electron chi connectivity index (χ3n) is 2.65. The van der Waals surface area contributed by atoms with E-state index in [9.17, 15) is 0 Å². The molecule has 0 fully saturated rings. The van der Waals surface area contributed by atoms with E-state index >= 15 is 0 Å². The molecular weight excluding hydrogens is 243 g/mol. The molecule has 0 unspecified atom stereocenters. The molecule has 4 heteroatoms. The summed E-state index contributed by atoms with van der Waals surface area (Å²) < 4.78 is 1.89. The molecule has 1 aromatic carbocycles. The third-order valence-corrected chi connectivity index (χ3v) is 3.17. The summed E-state index contributed by atoms with van der Waals surface area (Å²) in [6, 6.07) is 7.60. The number of alkyl halides is 1. The van der Waals surface area contributed by atoms with Crippen LogP contribution < -0.4 is 0 Å². The molecule has 2 nitrogen and oxygen atoms in total. The molecule has 84 valence electrons. The Bertz CT molecular complexity index is 500. The lowest BCUT2D eigenvalue weighted by Crippen LogP contribution is -1.98. The second kappa shape index (κ2) is 4.48. The molecule has 0 aliphatic carbocycles. The Kier molecular flexibility index (Phi) is 3.22. The zero-order valence-corrected chi connectivity index (χ0v) is 10.7. The van der Waals surface area contributed by atoms with Gasteiger partial charge < -0.3 is 0 Å². The molecule has 0 radical (unpaired) electrons. The van der Waals surface area contributed by atoms with E-state index in [4.69, 9.17) is 23.2 Å². The Morgan fingerprint density at radius 2 is 1.81 bits per heavy atom. The normalized spacial score (nSPS) is 10.8. The molecule has 0 aliphatic rings. The number of benzene rings is 1. The molecular formula is C12H12Cl2N2. The van der Waals surface area contributed by atoms with Gasteiger partial charge in [-0.25, -0.2) is 4.68 Å². The molecule has 0 bridgehead atoms. The molecule has 1 aromatic heterocycles. The Morgan fingerprint density at radius 3 is 2.31 bits per heavy atom. The minimum Gasteiger partial charge on any atom is -0.238 e. The van der Waals surface area contributed by atoms with Gasteiger partial charge >= 0.3 is 0 Å². The van der Waals surface area contributed by atoms with E-state index in [2.05, 4.69) is 5.10 Å². The van der Waals surface area contributed by atoms with Gasteiger partial charge in [0.05, 0.1) is 17.3 Å². The first-order valence-electron chi connectivity index (χ1n) is 5.00. The van der Waals surface area contributed by atoms with Crippen LogP contribution in [-0.2, 0) is 5.88 Å². The number of nitrogens with zero attached hydrogens (tertiary/aromatic N) is 2.